The fourth-order valence-corrected chi connectivity index (χ4v) is 3.50. The van der Waals surface area contributed by atoms with Gasteiger partial charge in [0, 0.05) is 17.0 Å². The second-order valence-corrected chi connectivity index (χ2v) is 6.90. The van der Waals surface area contributed by atoms with Gasteiger partial charge in [-0.05, 0) is 41.1 Å². The highest BCUT2D eigenvalue weighted by molar-refractivity contribution is 9.11. The number of halogens is 1. The zero-order valence-corrected chi connectivity index (χ0v) is 13.7. The summed E-state index contributed by atoms with van der Waals surface area (Å²) in [6.07, 6.45) is 1.66. The minimum atomic E-state index is -0.0942. The van der Waals surface area contributed by atoms with Crippen LogP contribution in [0.4, 0.5) is 5.69 Å². The number of carbonyl (C=O) groups excluding carboxylic acids is 1. The van der Waals surface area contributed by atoms with E-state index in [4.69, 9.17) is 0 Å². The zero-order chi connectivity index (χ0) is 14.8. The van der Waals surface area contributed by atoms with Gasteiger partial charge < -0.3 is 4.90 Å². The molecule has 1 aromatic heterocycles. The first kappa shape index (κ1) is 14.2. The lowest BCUT2D eigenvalue weighted by molar-refractivity contribution is -0.112. The first-order valence-electron chi connectivity index (χ1n) is 6.48. The van der Waals surface area contributed by atoms with E-state index >= 15 is 0 Å². The average molecular weight is 362 g/mol. The third kappa shape index (κ3) is 2.69. The molecule has 0 saturated carbocycles. The Kier molecular flexibility index (Phi) is 3.98. The van der Waals surface area contributed by atoms with Crippen LogP contribution in [0, 0.1) is 0 Å². The van der Waals surface area contributed by atoms with E-state index in [1.165, 1.54) is 0 Å². The van der Waals surface area contributed by atoms with E-state index < -0.39 is 0 Å². The average Bonchev–Trinajstić information content (AvgIpc) is 3.01. The number of hydrogen-bond acceptors (Lipinski definition) is 4. The number of carbonyl (C=O) groups is 1. The third-order valence-electron chi connectivity index (χ3n) is 3.15. The molecule has 1 aliphatic rings. The van der Waals surface area contributed by atoms with Gasteiger partial charge in [-0.3, -0.25) is 4.79 Å². The number of amides is 1. The molecule has 4 nitrogen and oxygen atoms in total. The fourth-order valence-electron chi connectivity index (χ4n) is 2.21. The number of benzene rings is 1. The van der Waals surface area contributed by atoms with Crippen molar-refractivity contribution < 1.29 is 4.79 Å². The molecule has 3 rings (SSSR count). The zero-order valence-electron chi connectivity index (χ0n) is 11.3. The summed E-state index contributed by atoms with van der Waals surface area (Å²) >= 11 is 4.96. The van der Waals surface area contributed by atoms with Crippen LogP contribution in [0.1, 0.15) is 17.4 Å². The SMILES string of the molecule is CCN1C(=O)/C(=N/N=C\c2ccc(Br)s2)c2ccccc21. The summed E-state index contributed by atoms with van der Waals surface area (Å²) in [5.74, 6) is -0.0942. The van der Waals surface area contributed by atoms with Crippen molar-refractivity contribution in [3.8, 4) is 0 Å². The molecule has 6 heteroatoms. The Bertz CT molecular complexity index is 751. The molecule has 1 aliphatic heterocycles. The van der Waals surface area contributed by atoms with E-state index in [1.807, 2.05) is 43.3 Å². The van der Waals surface area contributed by atoms with E-state index in [-0.39, 0.29) is 5.91 Å². The highest BCUT2D eigenvalue weighted by atomic mass is 79.9. The molecule has 0 aliphatic carbocycles. The van der Waals surface area contributed by atoms with Gasteiger partial charge in [0.1, 0.15) is 0 Å². The van der Waals surface area contributed by atoms with Crippen molar-refractivity contribution in [2.45, 2.75) is 6.92 Å². The lowest BCUT2D eigenvalue weighted by atomic mass is 10.1. The molecule has 0 fully saturated rings. The molecule has 0 N–H and O–H groups in total. The lowest BCUT2D eigenvalue weighted by Gasteiger charge is -2.12. The Morgan fingerprint density at radius 2 is 2.10 bits per heavy atom. The Labute approximate surface area is 134 Å². The van der Waals surface area contributed by atoms with E-state index in [0.717, 1.165) is 19.9 Å². The van der Waals surface area contributed by atoms with Gasteiger partial charge in [0.15, 0.2) is 5.71 Å². The molecule has 0 radical (unpaired) electrons. The monoisotopic (exact) mass is 361 g/mol. The van der Waals surface area contributed by atoms with Gasteiger partial charge in [0.05, 0.1) is 15.7 Å². The molecule has 0 spiro atoms. The van der Waals surface area contributed by atoms with Crippen LogP contribution in [0.15, 0.2) is 50.4 Å². The Morgan fingerprint density at radius 1 is 1.29 bits per heavy atom. The summed E-state index contributed by atoms with van der Waals surface area (Å²) in [7, 11) is 0. The standard InChI is InChI=1S/C15H12BrN3OS/c1-2-19-12-6-4-3-5-11(12)14(15(19)20)18-17-9-10-7-8-13(16)21-10/h3-9H,2H2,1H3/b17-9-,18-14+. The summed E-state index contributed by atoms with van der Waals surface area (Å²) in [5.41, 5.74) is 2.14. The normalized spacial score (nSPS) is 16.2. The molecule has 2 heterocycles. The smallest absolute Gasteiger partial charge is 0.279 e. The number of rotatable bonds is 3. The van der Waals surface area contributed by atoms with Crippen LogP contribution in [0.2, 0.25) is 0 Å². The van der Waals surface area contributed by atoms with Gasteiger partial charge in [-0.25, -0.2) is 0 Å². The van der Waals surface area contributed by atoms with Gasteiger partial charge in [-0.15, -0.1) is 16.4 Å². The van der Waals surface area contributed by atoms with Crippen molar-refractivity contribution >= 4 is 50.8 Å². The van der Waals surface area contributed by atoms with Crippen molar-refractivity contribution in [2.24, 2.45) is 10.2 Å². The van der Waals surface area contributed by atoms with Crippen molar-refractivity contribution in [1.82, 2.24) is 0 Å². The molecule has 0 saturated heterocycles. The Hall–Kier alpha value is -1.79. The van der Waals surface area contributed by atoms with Gasteiger partial charge >= 0.3 is 0 Å². The Morgan fingerprint density at radius 3 is 2.81 bits per heavy atom. The van der Waals surface area contributed by atoms with E-state index in [1.54, 1.807) is 22.5 Å². The maximum atomic E-state index is 12.4. The topological polar surface area (TPSA) is 45.0 Å². The predicted molar refractivity (Wildman–Crippen MR) is 90.6 cm³/mol. The number of nitrogens with zero attached hydrogens (tertiary/aromatic N) is 3. The number of para-hydroxylation sites is 1. The number of fused-ring (bicyclic) bond motifs is 1. The van der Waals surface area contributed by atoms with Crippen LogP contribution in [-0.2, 0) is 4.79 Å². The van der Waals surface area contributed by atoms with Gasteiger partial charge in [0.2, 0.25) is 0 Å². The second kappa shape index (κ2) is 5.91. The van der Waals surface area contributed by atoms with E-state index in [0.29, 0.717) is 12.3 Å². The van der Waals surface area contributed by atoms with Crippen LogP contribution in [0.25, 0.3) is 0 Å². The van der Waals surface area contributed by atoms with Gasteiger partial charge in [0.25, 0.3) is 5.91 Å². The highest BCUT2D eigenvalue weighted by Crippen LogP contribution is 2.28. The highest BCUT2D eigenvalue weighted by Gasteiger charge is 2.32. The van der Waals surface area contributed by atoms with Gasteiger partial charge in [-0.2, -0.15) is 5.10 Å². The third-order valence-corrected chi connectivity index (χ3v) is 4.71. The van der Waals surface area contributed by atoms with Crippen molar-refractivity contribution in [2.75, 3.05) is 11.4 Å². The molecule has 0 atom stereocenters. The summed E-state index contributed by atoms with van der Waals surface area (Å²) in [6.45, 7) is 2.57. The van der Waals surface area contributed by atoms with Crippen LogP contribution in [0.5, 0.6) is 0 Å². The van der Waals surface area contributed by atoms with Crippen molar-refractivity contribution in [1.29, 1.82) is 0 Å². The summed E-state index contributed by atoms with van der Waals surface area (Å²) in [4.78, 5) is 15.1. The maximum Gasteiger partial charge on any atom is 0.279 e. The van der Waals surface area contributed by atoms with Crippen LogP contribution in [-0.4, -0.2) is 24.4 Å². The first-order chi connectivity index (χ1) is 10.2. The molecule has 0 bridgehead atoms. The summed E-state index contributed by atoms with van der Waals surface area (Å²) in [6, 6.07) is 11.6. The molecule has 21 heavy (non-hydrogen) atoms. The lowest BCUT2D eigenvalue weighted by Crippen LogP contribution is -2.29. The first-order valence-corrected chi connectivity index (χ1v) is 8.09. The Balaban J connectivity index is 1.93. The minimum Gasteiger partial charge on any atom is -0.307 e. The number of likely N-dealkylation sites (N-methyl/N-ethyl adjacent to an activating group) is 1. The fraction of sp³-hybridized carbons (Fsp3) is 0.133. The number of anilines is 1. The largest absolute Gasteiger partial charge is 0.307 e. The minimum absolute atomic E-state index is 0.0942. The second-order valence-electron chi connectivity index (χ2n) is 4.40. The van der Waals surface area contributed by atoms with E-state index in [9.17, 15) is 4.79 Å². The van der Waals surface area contributed by atoms with Crippen LogP contribution in [0.3, 0.4) is 0 Å². The van der Waals surface area contributed by atoms with Crippen LogP contribution >= 0.6 is 27.3 Å². The maximum absolute atomic E-state index is 12.4. The quantitative estimate of drug-likeness (QED) is 0.607. The predicted octanol–water partition coefficient (Wildman–Crippen LogP) is 3.70. The molecule has 2 aromatic rings. The number of thiophene rings is 1. The summed E-state index contributed by atoms with van der Waals surface area (Å²) < 4.78 is 1.04. The molecular formula is C15H12BrN3OS. The molecule has 1 aromatic carbocycles. The summed E-state index contributed by atoms with van der Waals surface area (Å²) in [5, 5.41) is 8.19. The number of hydrogen-bond donors (Lipinski definition) is 0. The van der Waals surface area contributed by atoms with Crippen LogP contribution < -0.4 is 4.90 Å². The van der Waals surface area contributed by atoms with Crippen molar-refractivity contribution in [3.63, 3.8) is 0 Å². The molecule has 1 amide bonds. The molecule has 106 valence electrons. The molecular weight excluding hydrogens is 350 g/mol. The van der Waals surface area contributed by atoms with Crippen molar-refractivity contribution in [3.05, 3.63) is 50.6 Å². The van der Waals surface area contributed by atoms with E-state index in [2.05, 4.69) is 26.1 Å². The molecule has 0 unspecified atom stereocenters. The van der Waals surface area contributed by atoms with Gasteiger partial charge in [-0.1, -0.05) is 18.2 Å².